The molecule has 1 unspecified atom stereocenters. The van der Waals surface area contributed by atoms with Gasteiger partial charge in [0.1, 0.15) is 0 Å². The van der Waals surface area contributed by atoms with Gasteiger partial charge in [-0.2, -0.15) is 0 Å². The molecule has 1 atom stereocenters. The Morgan fingerprint density at radius 1 is 0.950 bits per heavy atom. The van der Waals surface area contributed by atoms with Gasteiger partial charge in [-0.05, 0) is 24.6 Å². The van der Waals surface area contributed by atoms with Crippen LogP contribution in [-0.4, -0.2) is 6.36 Å². The fourth-order valence-electron chi connectivity index (χ4n) is 1.86. The minimum Gasteiger partial charge on any atom is -0.404 e. The SMILES string of the molecule is CC(Nc1ccccc1OC(F)(F)F)c1ccccc1. The van der Waals surface area contributed by atoms with Crippen molar-refractivity contribution < 1.29 is 17.9 Å². The van der Waals surface area contributed by atoms with Gasteiger partial charge in [-0.25, -0.2) is 0 Å². The maximum absolute atomic E-state index is 12.3. The van der Waals surface area contributed by atoms with Gasteiger partial charge in [0.2, 0.25) is 0 Å². The third-order valence-corrected chi connectivity index (χ3v) is 2.78. The van der Waals surface area contributed by atoms with Gasteiger partial charge in [0.15, 0.2) is 5.75 Å². The van der Waals surface area contributed by atoms with Crippen molar-refractivity contribution >= 4 is 5.69 Å². The third-order valence-electron chi connectivity index (χ3n) is 2.78. The summed E-state index contributed by atoms with van der Waals surface area (Å²) in [7, 11) is 0. The van der Waals surface area contributed by atoms with Crippen LogP contribution in [0.1, 0.15) is 18.5 Å². The van der Waals surface area contributed by atoms with E-state index < -0.39 is 6.36 Å². The van der Waals surface area contributed by atoms with E-state index in [4.69, 9.17) is 0 Å². The molecule has 2 aromatic rings. The number of para-hydroxylation sites is 2. The average molecular weight is 281 g/mol. The number of hydrogen-bond acceptors (Lipinski definition) is 2. The second-order valence-electron chi connectivity index (χ2n) is 4.32. The first-order valence-electron chi connectivity index (χ1n) is 6.12. The second-order valence-corrected chi connectivity index (χ2v) is 4.32. The van der Waals surface area contributed by atoms with E-state index in [0.717, 1.165) is 5.56 Å². The molecule has 0 bridgehead atoms. The monoisotopic (exact) mass is 281 g/mol. The van der Waals surface area contributed by atoms with Crippen LogP contribution in [0, 0.1) is 0 Å². The zero-order valence-corrected chi connectivity index (χ0v) is 10.8. The quantitative estimate of drug-likeness (QED) is 0.872. The number of ether oxygens (including phenoxy) is 1. The van der Waals surface area contributed by atoms with E-state index in [-0.39, 0.29) is 11.8 Å². The lowest BCUT2D eigenvalue weighted by Gasteiger charge is -2.19. The minimum absolute atomic E-state index is 0.130. The summed E-state index contributed by atoms with van der Waals surface area (Å²) in [6.45, 7) is 1.87. The van der Waals surface area contributed by atoms with E-state index in [9.17, 15) is 13.2 Å². The number of benzene rings is 2. The number of hydrogen-bond donors (Lipinski definition) is 1. The van der Waals surface area contributed by atoms with Crippen molar-refractivity contribution in [1.82, 2.24) is 0 Å². The van der Waals surface area contributed by atoms with Crippen molar-refractivity contribution in [2.75, 3.05) is 5.32 Å². The van der Waals surface area contributed by atoms with E-state index in [1.807, 2.05) is 37.3 Å². The van der Waals surface area contributed by atoms with Gasteiger partial charge in [0.05, 0.1) is 5.69 Å². The lowest BCUT2D eigenvalue weighted by molar-refractivity contribution is -0.274. The van der Waals surface area contributed by atoms with Crippen molar-refractivity contribution in [2.24, 2.45) is 0 Å². The first-order valence-corrected chi connectivity index (χ1v) is 6.12. The molecule has 20 heavy (non-hydrogen) atoms. The maximum atomic E-state index is 12.3. The van der Waals surface area contributed by atoms with Gasteiger partial charge in [0.25, 0.3) is 0 Å². The third kappa shape index (κ3) is 3.91. The van der Waals surface area contributed by atoms with Crippen molar-refractivity contribution in [2.45, 2.75) is 19.3 Å². The Balaban J connectivity index is 2.17. The number of halogens is 3. The summed E-state index contributed by atoms with van der Waals surface area (Å²) in [5.41, 5.74) is 1.29. The van der Waals surface area contributed by atoms with Gasteiger partial charge >= 0.3 is 6.36 Å². The lowest BCUT2D eigenvalue weighted by atomic mass is 10.1. The minimum atomic E-state index is -4.70. The molecule has 106 valence electrons. The predicted molar refractivity (Wildman–Crippen MR) is 71.6 cm³/mol. The van der Waals surface area contributed by atoms with Gasteiger partial charge in [-0.15, -0.1) is 13.2 Å². The first kappa shape index (κ1) is 14.2. The fourth-order valence-corrected chi connectivity index (χ4v) is 1.86. The molecule has 0 radical (unpaired) electrons. The lowest BCUT2D eigenvalue weighted by Crippen LogP contribution is -2.18. The molecule has 0 aromatic heterocycles. The summed E-state index contributed by atoms with van der Waals surface area (Å²) in [6, 6.07) is 15.3. The topological polar surface area (TPSA) is 21.3 Å². The van der Waals surface area contributed by atoms with Crippen LogP contribution in [-0.2, 0) is 0 Å². The highest BCUT2D eigenvalue weighted by atomic mass is 19.4. The number of anilines is 1. The summed E-state index contributed by atoms with van der Waals surface area (Å²) in [6.07, 6.45) is -4.70. The van der Waals surface area contributed by atoms with Crippen molar-refractivity contribution in [1.29, 1.82) is 0 Å². The van der Waals surface area contributed by atoms with E-state index in [2.05, 4.69) is 10.1 Å². The Labute approximate surface area is 115 Å². The Bertz CT molecular complexity index is 555. The molecule has 2 aromatic carbocycles. The number of alkyl halides is 3. The molecule has 2 nitrogen and oxygen atoms in total. The Kier molecular flexibility index (Phi) is 4.17. The molecule has 0 aliphatic rings. The summed E-state index contributed by atoms with van der Waals surface area (Å²) >= 11 is 0. The molecule has 0 saturated heterocycles. The molecule has 0 spiro atoms. The normalized spacial score (nSPS) is 12.8. The van der Waals surface area contributed by atoms with Crippen molar-refractivity contribution in [3.8, 4) is 5.75 Å². The van der Waals surface area contributed by atoms with E-state index in [1.54, 1.807) is 12.1 Å². The molecule has 2 rings (SSSR count). The number of rotatable bonds is 4. The van der Waals surface area contributed by atoms with Crippen molar-refractivity contribution in [3.05, 3.63) is 60.2 Å². The van der Waals surface area contributed by atoms with Crippen LogP contribution in [0.15, 0.2) is 54.6 Å². The Hall–Kier alpha value is -2.17. The zero-order chi connectivity index (χ0) is 14.6. The van der Waals surface area contributed by atoms with E-state index in [1.165, 1.54) is 12.1 Å². The Morgan fingerprint density at radius 3 is 2.20 bits per heavy atom. The standard InChI is InChI=1S/C15H14F3NO/c1-11(12-7-3-2-4-8-12)19-13-9-5-6-10-14(13)20-15(16,17)18/h2-11,19H,1H3. The molecule has 0 saturated carbocycles. The summed E-state index contributed by atoms with van der Waals surface area (Å²) in [5, 5.41) is 3.02. The van der Waals surface area contributed by atoms with Crippen LogP contribution in [0.25, 0.3) is 0 Å². The Morgan fingerprint density at radius 2 is 1.55 bits per heavy atom. The molecule has 0 heterocycles. The number of nitrogens with one attached hydrogen (secondary N) is 1. The summed E-state index contributed by atoms with van der Waals surface area (Å²) < 4.78 is 41.0. The van der Waals surface area contributed by atoms with E-state index in [0.29, 0.717) is 5.69 Å². The smallest absolute Gasteiger partial charge is 0.404 e. The van der Waals surface area contributed by atoms with Crippen molar-refractivity contribution in [3.63, 3.8) is 0 Å². The van der Waals surface area contributed by atoms with Crippen LogP contribution in [0.5, 0.6) is 5.75 Å². The summed E-state index contributed by atoms with van der Waals surface area (Å²) in [4.78, 5) is 0. The molecule has 0 aliphatic carbocycles. The highest BCUT2D eigenvalue weighted by molar-refractivity contribution is 5.57. The summed E-state index contributed by atoms with van der Waals surface area (Å²) in [5.74, 6) is -0.234. The van der Waals surface area contributed by atoms with Gasteiger partial charge in [-0.3, -0.25) is 0 Å². The largest absolute Gasteiger partial charge is 0.573 e. The van der Waals surface area contributed by atoms with Crippen LogP contribution in [0.2, 0.25) is 0 Å². The molecule has 1 N–H and O–H groups in total. The van der Waals surface area contributed by atoms with Gasteiger partial charge in [0, 0.05) is 6.04 Å². The molecule has 0 fully saturated rings. The first-order chi connectivity index (χ1) is 9.46. The molecular formula is C15H14F3NO. The van der Waals surface area contributed by atoms with Gasteiger partial charge < -0.3 is 10.1 Å². The fraction of sp³-hybridized carbons (Fsp3) is 0.200. The molecular weight excluding hydrogens is 267 g/mol. The van der Waals surface area contributed by atoms with Crippen LogP contribution in [0.4, 0.5) is 18.9 Å². The average Bonchev–Trinajstić information content (AvgIpc) is 2.40. The van der Waals surface area contributed by atoms with Crippen LogP contribution >= 0.6 is 0 Å². The molecule has 0 aliphatic heterocycles. The van der Waals surface area contributed by atoms with Crippen LogP contribution < -0.4 is 10.1 Å². The highest BCUT2D eigenvalue weighted by Gasteiger charge is 2.32. The molecule has 0 amide bonds. The van der Waals surface area contributed by atoms with E-state index >= 15 is 0 Å². The molecule has 5 heteroatoms. The highest BCUT2D eigenvalue weighted by Crippen LogP contribution is 2.32. The predicted octanol–water partition coefficient (Wildman–Crippen LogP) is 4.76. The van der Waals surface area contributed by atoms with Gasteiger partial charge in [-0.1, -0.05) is 42.5 Å². The zero-order valence-electron chi connectivity index (χ0n) is 10.8. The maximum Gasteiger partial charge on any atom is 0.573 e. The second kappa shape index (κ2) is 5.86. The van der Waals surface area contributed by atoms with Crippen LogP contribution in [0.3, 0.4) is 0 Å².